The summed E-state index contributed by atoms with van der Waals surface area (Å²) in [4.78, 5) is 42.1. The van der Waals surface area contributed by atoms with E-state index in [1.807, 2.05) is 12.1 Å². The number of benzene rings is 1. The fourth-order valence-electron chi connectivity index (χ4n) is 4.18. The van der Waals surface area contributed by atoms with E-state index in [-0.39, 0.29) is 11.8 Å². The first-order valence-electron chi connectivity index (χ1n) is 8.73. The van der Waals surface area contributed by atoms with Crippen LogP contribution in [0.15, 0.2) is 61.4 Å². The van der Waals surface area contributed by atoms with Crippen molar-refractivity contribution in [3.8, 4) is 0 Å². The first-order valence-corrected chi connectivity index (χ1v) is 9.11. The Hall–Kier alpha value is -3.32. The van der Waals surface area contributed by atoms with E-state index in [4.69, 9.17) is 11.6 Å². The van der Waals surface area contributed by atoms with E-state index in [9.17, 15) is 9.59 Å². The number of carbonyl (C=O) groups is 2. The number of pyridine rings is 1. The van der Waals surface area contributed by atoms with E-state index < -0.39 is 5.66 Å². The Morgan fingerprint density at radius 1 is 1.00 bits per heavy atom. The van der Waals surface area contributed by atoms with Gasteiger partial charge in [0.05, 0.1) is 11.1 Å². The molecule has 0 bridgehead atoms. The summed E-state index contributed by atoms with van der Waals surface area (Å²) >= 11 is 6.09. The van der Waals surface area contributed by atoms with Gasteiger partial charge in [-0.05, 0) is 18.2 Å². The molecule has 5 rings (SSSR count). The van der Waals surface area contributed by atoms with Crippen LogP contribution < -0.4 is 0 Å². The van der Waals surface area contributed by atoms with Gasteiger partial charge < -0.3 is 9.80 Å². The maximum Gasteiger partial charge on any atom is 0.259 e. The van der Waals surface area contributed by atoms with Crippen LogP contribution in [-0.2, 0) is 5.66 Å². The summed E-state index contributed by atoms with van der Waals surface area (Å²) in [6.07, 6.45) is 7.59. The molecule has 0 spiro atoms. The molecule has 8 heteroatoms. The van der Waals surface area contributed by atoms with E-state index in [0.29, 0.717) is 34.8 Å². The Morgan fingerprint density at radius 2 is 1.75 bits per heavy atom. The second-order valence-corrected chi connectivity index (χ2v) is 7.08. The van der Waals surface area contributed by atoms with Crippen LogP contribution in [0.3, 0.4) is 0 Å². The highest BCUT2D eigenvalue weighted by Crippen LogP contribution is 2.49. The predicted octanol–water partition coefficient (Wildman–Crippen LogP) is 2.34. The van der Waals surface area contributed by atoms with Crippen LogP contribution in [0.4, 0.5) is 0 Å². The Balaban J connectivity index is 1.76. The second-order valence-electron chi connectivity index (χ2n) is 6.64. The molecule has 0 radical (unpaired) electrons. The quantitative estimate of drug-likeness (QED) is 0.670. The molecular weight excluding hydrogens is 378 g/mol. The summed E-state index contributed by atoms with van der Waals surface area (Å²) in [6, 6.07) is 8.90. The monoisotopic (exact) mass is 391 g/mol. The fraction of sp³-hybridized carbons (Fsp3) is 0.150. The molecule has 138 valence electrons. The van der Waals surface area contributed by atoms with Crippen molar-refractivity contribution >= 4 is 23.4 Å². The van der Waals surface area contributed by atoms with Crippen molar-refractivity contribution in [2.24, 2.45) is 0 Å². The van der Waals surface area contributed by atoms with E-state index >= 15 is 0 Å². The molecule has 2 amide bonds. The Kier molecular flexibility index (Phi) is 3.67. The molecule has 1 fully saturated rings. The highest BCUT2D eigenvalue weighted by Gasteiger charge is 2.59. The van der Waals surface area contributed by atoms with Crippen molar-refractivity contribution in [2.45, 2.75) is 5.66 Å². The predicted molar refractivity (Wildman–Crippen MR) is 101 cm³/mol. The van der Waals surface area contributed by atoms with Crippen LogP contribution in [0.5, 0.6) is 0 Å². The number of hydrogen-bond donors (Lipinski definition) is 0. The minimum absolute atomic E-state index is 0.119. The van der Waals surface area contributed by atoms with Crippen LogP contribution >= 0.6 is 11.6 Å². The first-order chi connectivity index (χ1) is 13.6. The van der Waals surface area contributed by atoms with E-state index in [1.54, 1.807) is 40.4 Å². The summed E-state index contributed by atoms with van der Waals surface area (Å²) in [7, 11) is 0. The average Bonchev–Trinajstić information content (AvgIpc) is 3.25. The van der Waals surface area contributed by atoms with Gasteiger partial charge in [-0.1, -0.05) is 23.7 Å². The van der Waals surface area contributed by atoms with Gasteiger partial charge in [0.15, 0.2) is 5.66 Å². The van der Waals surface area contributed by atoms with Crippen LogP contribution in [0.2, 0.25) is 5.02 Å². The molecule has 1 aromatic carbocycles. The molecule has 2 aliphatic heterocycles. The zero-order valence-electron chi connectivity index (χ0n) is 14.6. The van der Waals surface area contributed by atoms with Crippen molar-refractivity contribution in [3.05, 3.63) is 88.7 Å². The number of nitrogens with zero attached hydrogens (tertiary/aromatic N) is 5. The zero-order chi connectivity index (χ0) is 19.3. The summed E-state index contributed by atoms with van der Waals surface area (Å²) in [5.74, 6) is -0.366. The molecule has 28 heavy (non-hydrogen) atoms. The van der Waals surface area contributed by atoms with Crippen molar-refractivity contribution in [1.82, 2.24) is 24.8 Å². The number of hydrogen-bond acceptors (Lipinski definition) is 5. The maximum absolute atomic E-state index is 13.4. The van der Waals surface area contributed by atoms with Gasteiger partial charge in [0, 0.05) is 54.0 Å². The van der Waals surface area contributed by atoms with Gasteiger partial charge in [0.2, 0.25) is 0 Å². The van der Waals surface area contributed by atoms with Gasteiger partial charge in [-0.25, -0.2) is 9.97 Å². The maximum atomic E-state index is 13.4. The zero-order valence-corrected chi connectivity index (χ0v) is 15.4. The fourth-order valence-corrected chi connectivity index (χ4v) is 4.30. The van der Waals surface area contributed by atoms with Crippen molar-refractivity contribution in [3.63, 3.8) is 0 Å². The number of rotatable bonds is 2. The molecule has 0 aliphatic carbocycles. The molecule has 1 saturated heterocycles. The Morgan fingerprint density at radius 3 is 2.50 bits per heavy atom. The summed E-state index contributed by atoms with van der Waals surface area (Å²) in [5.41, 5.74) is 1.30. The third-order valence-electron chi connectivity index (χ3n) is 5.30. The minimum atomic E-state index is -1.07. The lowest BCUT2D eigenvalue weighted by atomic mass is 9.90. The molecule has 7 nitrogen and oxygen atoms in total. The van der Waals surface area contributed by atoms with Crippen LogP contribution in [-0.4, -0.2) is 49.7 Å². The van der Waals surface area contributed by atoms with Crippen LogP contribution in [0.1, 0.15) is 31.8 Å². The van der Waals surface area contributed by atoms with Gasteiger partial charge in [0.25, 0.3) is 11.8 Å². The van der Waals surface area contributed by atoms with Gasteiger partial charge in [-0.3, -0.25) is 14.6 Å². The molecule has 2 aliphatic rings. The van der Waals surface area contributed by atoms with E-state index in [2.05, 4.69) is 15.0 Å². The SMILES string of the molecule is O=C(c1cncnc1)N1CCN2C(=O)c3ccncc3C12c1ccc(Cl)cc1. The third kappa shape index (κ3) is 2.13. The Labute approximate surface area is 165 Å². The first kappa shape index (κ1) is 16.8. The highest BCUT2D eigenvalue weighted by molar-refractivity contribution is 6.30. The number of carbonyl (C=O) groups excluding carboxylic acids is 2. The van der Waals surface area contributed by atoms with Crippen LogP contribution in [0.25, 0.3) is 0 Å². The second kappa shape index (κ2) is 6.10. The molecule has 1 unspecified atom stereocenters. The lowest BCUT2D eigenvalue weighted by Crippen LogP contribution is -2.51. The molecule has 1 atom stereocenters. The summed E-state index contributed by atoms with van der Waals surface area (Å²) in [5, 5.41) is 0.578. The average molecular weight is 392 g/mol. The van der Waals surface area contributed by atoms with E-state index in [0.717, 1.165) is 5.56 Å². The molecule has 0 N–H and O–H groups in total. The normalized spacial score (nSPS) is 20.2. The highest BCUT2D eigenvalue weighted by atomic mass is 35.5. The van der Waals surface area contributed by atoms with Crippen LogP contribution in [0, 0.1) is 0 Å². The molecule has 3 aromatic rings. The lowest BCUT2D eigenvalue weighted by Gasteiger charge is -2.40. The van der Waals surface area contributed by atoms with Crippen molar-refractivity contribution in [2.75, 3.05) is 13.1 Å². The largest absolute Gasteiger partial charge is 0.306 e. The number of amides is 2. The third-order valence-corrected chi connectivity index (χ3v) is 5.55. The lowest BCUT2D eigenvalue weighted by molar-refractivity contribution is 0.0374. The molecular formula is C20H14ClN5O2. The molecule has 0 saturated carbocycles. The summed E-state index contributed by atoms with van der Waals surface area (Å²) in [6.45, 7) is 0.798. The van der Waals surface area contributed by atoms with Crippen molar-refractivity contribution in [1.29, 1.82) is 0 Å². The number of aromatic nitrogens is 3. The number of fused-ring (bicyclic) bond motifs is 3. The van der Waals surface area contributed by atoms with E-state index in [1.165, 1.54) is 18.7 Å². The standard InChI is InChI=1S/C20H14ClN5O2/c21-15-3-1-14(2-4-15)20-17-11-22-6-5-16(17)19(28)26(20)8-7-25(20)18(27)13-9-23-12-24-10-13/h1-6,9-12H,7-8H2. The van der Waals surface area contributed by atoms with Gasteiger partial charge in [0.1, 0.15) is 6.33 Å². The van der Waals surface area contributed by atoms with Crippen molar-refractivity contribution < 1.29 is 9.59 Å². The number of halogens is 1. The summed E-state index contributed by atoms with van der Waals surface area (Å²) < 4.78 is 0. The van der Waals surface area contributed by atoms with Gasteiger partial charge in [-0.2, -0.15) is 0 Å². The van der Waals surface area contributed by atoms with Gasteiger partial charge in [-0.15, -0.1) is 0 Å². The minimum Gasteiger partial charge on any atom is -0.306 e. The molecule has 2 aromatic heterocycles. The smallest absolute Gasteiger partial charge is 0.259 e. The van der Waals surface area contributed by atoms with Gasteiger partial charge >= 0.3 is 0 Å². The molecule has 4 heterocycles. The Bertz CT molecular complexity index is 1090. The topological polar surface area (TPSA) is 79.3 Å².